The van der Waals surface area contributed by atoms with E-state index in [0.717, 1.165) is 55.2 Å². The molecule has 0 amide bonds. The SMILES string of the molecule is N#Cc1ccc(-c2ccc3c(=O)n4c5cc(-c6ccccc6)cc(-c6ccccc6)c5nc4c4ccc(C#N)c2c34)cc1. The van der Waals surface area contributed by atoms with E-state index < -0.39 is 0 Å². The van der Waals surface area contributed by atoms with Crippen molar-refractivity contribution >= 4 is 38.2 Å². The molecule has 0 saturated heterocycles. The summed E-state index contributed by atoms with van der Waals surface area (Å²) in [6.45, 7) is 0. The number of hydrogen-bond donors (Lipinski definition) is 0. The van der Waals surface area contributed by atoms with Crippen LogP contribution in [0.4, 0.5) is 0 Å². The molecule has 2 aromatic heterocycles. The fourth-order valence-corrected chi connectivity index (χ4v) is 6.24. The lowest BCUT2D eigenvalue weighted by Crippen LogP contribution is -2.13. The molecule has 0 aliphatic heterocycles. The number of benzene rings is 6. The number of hydrogen-bond acceptors (Lipinski definition) is 4. The summed E-state index contributed by atoms with van der Waals surface area (Å²) in [6, 6.07) is 43.6. The molecule has 6 aromatic carbocycles. The zero-order valence-electron chi connectivity index (χ0n) is 22.7. The van der Waals surface area contributed by atoms with Crippen LogP contribution in [0, 0.1) is 22.7 Å². The van der Waals surface area contributed by atoms with E-state index in [1.807, 2.05) is 78.9 Å². The van der Waals surface area contributed by atoms with Gasteiger partial charge in [-0.2, -0.15) is 10.5 Å². The van der Waals surface area contributed by atoms with E-state index in [1.54, 1.807) is 16.5 Å². The van der Waals surface area contributed by atoms with Crippen LogP contribution in [0.1, 0.15) is 11.1 Å². The van der Waals surface area contributed by atoms with E-state index in [0.29, 0.717) is 27.5 Å². The van der Waals surface area contributed by atoms with Crippen molar-refractivity contribution < 1.29 is 0 Å². The second kappa shape index (κ2) is 9.38. The molecule has 0 aliphatic rings. The molecule has 0 saturated carbocycles. The maximum Gasteiger partial charge on any atom is 0.264 e. The average Bonchev–Trinajstić information content (AvgIpc) is 3.47. The molecule has 0 spiro atoms. The van der Waals surface area contributed by atoms with Gasteiger partial charge < -0.3 is 0 Å². The number of nitrogens with zero attached hydrogens (tertiary/aromatic N) is 4. The van der Waals surface area contributed by atoms with Crippen molar-refractivity contribution in [3.8, 4) is 45.5 Å². The lowest BCUT2D eigenvalue weighted by Gasteiger charge is -2.13. The van der Waals surface area contributed by atoms with Gasteiger partial charge in [0.05, 0.1) is 34.3 Å². The van der Waals surface area contributed by atoms with Crippen molar-refractivity contribution in [3.63, 3.8) is 0 Å². The van der Waals surface area contributed by atoms with Gasteiger partial charge >= 0.3 is 0 Å². The summed E-state index contributed by atoms with van der Waals surface area (Å²) in [5, 5.41) is 22.2. The summed E-state index contributed by atoms with van der Waals surface area (Å²) in [4.78, 5) is 19.5. The minimum atomic E-state index is -0.180. The van der Waals surface area contributed by atoms with Crippen LogP contribution >= 0.6 is 0 Å². The Bertz CT molecular complexity index is 2520. The van der Waals surface area contributed by atoms with Crippen molar-refractivity contribution in [2.75, 3.05) is 0 Å². The van der Waals surface area contributed by atoms with E-state index >= 15 is 0 Å². The van der Waals surface area contributed by atoms with Crippen molar-refractivity contribution in [2.24, 2.45) is 0 Å². The molecule has 0 unspecified atom stereocenters. The van der Waals surface area contributed by atoms with Gasteiger partial charge in [-0.15, -0.1) is 0 Å². The first kappa shape index (κ1) is 24.5. The van der Waals surface area contributed by atoms with Crippen LogP contribution < -0.4 is 5.56 Å². The number of fused-ring (bicyclic) bond motifs is 4. The van der Waals surface area contributed by atoms with Gasteiger partial charge in [0.15, 0.2) is 0 Å². The van der Waals surface area contributed by atoms with Crippen LogP contribution in [0.3, 0.4) is 0 Å². The third kappa shape index (κ3) is 3.63. The second-order valence-electron chi connectivity index (χ2n) is 10.6. The summed E-state index contributed by atoms with van der Waals surface area (Å²) in [6.07, 6.45) is 0. The van der Waals surface area contributed by atoms with Crippen LogP contribution in [0.25, 0.3) is 71.6 Å². The molecule has 43 heavy (non-hydrogen) atoms. The van der Waals surface area contributed by atoms with E-state index in [2.05, 4.69) is 42.5 Å². The van der Waals surface area contributed by atoms with Crippen LogP contribution in [0.5, 0.6) is 0 Å². The number of pyridine rings is 1. The highest BCUT2D eigenvalue weighted by atomic mass is 16.1. The molecule has 8 aromatic rings. The first-order valence-electron chi connectivity index (χ1n) is 13.9. The van der Waals surface area contributed by atoms with Crippen LogP contribution in [0.15, 0.2) is 126 Å². The second-order valence-corrected chi connectivity index (χ2v) is 10.6. The first-order valence-corrected chi connectivity index (χ1v) is 13.9. The molecule has 0 N–H and O–H groups in total. The fourth-order valence-electron chi connectivity index (χ4n) is 6.24. The topological polar surface area (TPSA) is 81.9 Å². The Morgan fingerprint density at radius 1 is 0.581 bits per heavy atom. The van der Waals surface area contributed by atoms with Crippen LogP contribution in [-0.2, 0) is 0 Å². The number of nitriles is 2. The predicted octanol–water partition coefficient (Wildman–Crippen LogP) is 8.34. The number of aromatic nitrogens is 2. The lowest BCUT2D eigenvalue weighted by molar-refractivity contribution is 1.19. The van der Waals surface area contributed by atoms with E-state index in [1.165, 1.54) is 0 Å². The Hall–Kier alpha value is -6.30. The standard InChI is InChI=1S/C38H20N4O/c39-21-23-11-13-26(14-12-23)29-17-18-31-35-30(16-15-27(22-40)34(29)35)37-41-36-32(25-9-5-2-6-10-25)19-28(24-7-3-1-4-8-24)20-33(36)42(37)38(31)43/h1-20H. The molecule has 5 nitrogen and oxygen atoms in total. The molecule has 5 heteroatoms. The van der Waals surface area contributed by atoms with Crippen molar-refractivity contribution in [1.82, 2.24) is 9.38 Å². The van der Waals surface area contributed by atoms with Gasteiger partial charge in [0.2, 0.25) is 0 Å². The van der Waals surface area contributed by atoms with Gasteiger partial charge in [0.1, 0.15) is 5.65 Å². The van der Waals surface area contributed by atoms with Gasteiger partial charge in [0.25, 0.3) is 5.56 Å². The molecular formula is C38H20N4O. The Labute approximate surface area is 246 Å². The third-order valence-corrected chi connectivity index (χ3v) is 8.23. The van der Waals surface area contributed by atoms with E-state index in [4.69, 9.17) is 4.98 Å². The van der Waals surface area contributed by atoms with Crippen molar-refractivity contribution in [3.05, 3.63) is 143 Å². The zero-order valence-corrected chi connectivity index (χ0v) is 22.7. The molecule has 8 rings (SSSR count). The highest BCUT2D eigenvalue weighted by molar-refractivity contribution is 6.21. The Morgan fingerprint density at radius 2 is 1.26 bits per heavy atom. The van der Waals surface area contributed by atoms with E-state index in [-0.39, 0.29) is 5.56 Å². The molecule has 0 radical (unpaired) electrons. The first-order chi connectivity index (χ1) is 21.2. The Morgan fingerprint density at radius 3 is 1.95 bits per heavy atom. The summed E-state index contributed by atoms with van der Waals surface area (Å²) < 4.78 is 1.72. The van der Waals surface area contributed by atoms with Gasteiger partial charge in [-0.05, 0) is 70.3 Å². The van der Waals surface area contributed by atoms with Gasteiger partial charge in [-0.3, -0.25) is 9.20 Å². The largest absolute Gasteiger partial charge is 0.268 e. The van der Waals surface area contributed by atoms with Gasteiger partial charge in [0, 0.05) is 27.1 Å². The molecule has 0 atom stereocenters. The fraction of sp³-hybridized carbons (Fsp3) is 0. The highest BCUT2D eigenvalue weighted by Gasteiger charge is 2.22. The monoisotopic (exact) mass is 548 g/mol. The van der Waals surface area contributed by atoms with E-state index in [9.17, 15) is 15.3 Å². The summed E-state index contributed by atoms with van der Waals surface area (Å²) in [5.41, 5.74) is 8.59. The van der Waals surface area contributed by atoms with Gasteiger partial charge in [-0.1, -0.05) is 78.9 Å². The lowest BCUT2D eigenvalue weighted by atomic mass is 9.91. The highest BCUT2D eigenvalue weighted by Crippen LogP contribution is 2.40. The molecular weight excluding hydrogens is 528 g/mol. The number of imidazole rings is 1. The molecule has 0 aliphatic carbocycles. The smallest absolute Gasteiger partial charge is 0.264 e. The Kier molecular flexibility index (Phi) is 5.34. The van der Waals surface area contributed by atoms with Crippen LogP contribution in [-0.4, -0.2) is 9.38 Å². The molecule has 2 heterocycles. The molecule has 0 bridgehead atoms. The quantitative estimate of drug-likeness (QED) is 0.222. The summed E-state index contributed by atoms with van der Waals surface area (Å²) in [5.74, 6) is 0. The maximum absolute atomic E-state index is 14.4. The summed E-state index contributed by atoms with van der Waals surface area (Å²) in [7, 11) is 0. The molecule has 0 fully saturated rings. The summed E-state index contributed by atoms with van der Waals surface area (Å²) >= 11 is 0. The van der Waals surface area contributed by atoms with Gasteiger partial charge in [-0.25, -0.2) is 4.98 Å². The molecule has 198 valence electrons. The minimum Gasteiger partial charge on any atom is -0.268 e. The Balaban J connectivity index is 1.53. The van der Waals surface area contributed by atoms with Crippen molar-refractivity contribution in [1.29, 1.82) is 10.5 Å². The average molecular weight is 549 g/mol. The zero-order chi connectivity index (χ0) is 29.1. The number of rotatable bonds is 3. The predicted molar refractivity (Wildman–Crippen MR) is 171 cm³/mol. The van der Waals surface area contributed by atoms with Crippen molar-refractivity contribution in [2.45, 2.75) is 0 Å². The third-order valence-electron chi connectivity index (χ3n) is 8.23. The van der Waals surface area contributed by atoms with Crippen LogP contribution in [0.2, 0.25) is 0 Å². The maximum atomic E-state index is 14.4. The minimum absolute atomic E-state index is 0.180. The normalized spacial score (nSPS) is 11.3.